The van der Waals surface area contributed by atoms with Gasteiger partial charge < -0.3 is 0 Å². The van der Waals surface area contributed by atoms with Crippen LogP contribution in [0.5, 0.6) is 0 Å². The maximum absolute atomic E-state index is 2.46. The van der Waals surface area contributed by atoms with Crippen LogP contribution in [0.25, 0.3) is 0 Å². The zero-order valence-corrected chi connectivity index (χ0v) is 9.19. The molecular weight excluding hydrogens is 144 g/mol. The average Bonchev–Trinajstić information content (AvgIpc) is 1.97. The summed E-state index contributed by atoms with van der Waals surface area (Å²) in [6.07, 6.45) is 7.16. The summed E-state index contributed by atoms with van der Waals surface area (Å²) < 4.78 is 0. The minimum Gasteiger partial charge on any atom is -0.0654 e. The molecule has 0 aromatic carbocycles. The predicted octanol–water partition coefficient (Wildman–Crippen LogP) is 4.25. The molecule has 0 nitrogen and oxygen atoms in total. The molecule has 1 fully saturated rings. The van der Waals surface area contributed by atoms with Crippen LogP contribution in [-0.4, -0.2) is 0 Å². The van der Waals surface area contributed by atoms with Crippen LogP contribution in [0.4, 0.5) is 0 Å². The molecule has 1 rings (SSSR count). The minimum absolute atomic E-state index is 0.619. The van der Waals surface area contributed by atoms with Crippen molar-refractivity contribution in [3.05, 3.63) is 0 Å². The molecule has 12 heavy (non-hydrogen) atoms. The molecule has 0 unspecified atom stereocenters. The van der Waals surface area contributed by atoms with E-state index < -0.39 is 0 Å². The highest BCUT2D eigenvalue weighted by Crippen LogP contribution is 2.45. The van der Waals surface area contributed by atoms with Gasteiger partial charge in [-0.05, 0) is 30.1 Å². The van der Waals surface area contributed by atoms with E-state index in [4.69, 9.17) is 0 Å². The van der Waals surface area contributed by atoms with E-state index in [9.17, 15) is 0 Å². The van der Waals surface area contributed by atoms with Gasteiger partial charge in [0, 0.05) is 0 Å². The fourth-order valence-electron chi connectivity index (χ4n) is 3.02. The summed E-state index contributed by atoms with van der Waals surface area (Å²) in [7, 11) is 0. The Hall–Kier alpha value is 0. The van der Waals surface area contributed by atoms with Gasteiger partial charge in [-0.2, -0.15) is 0 Å². The van der Waals surface area contributed by atoms with Crippen molar-refractivity contribution in [1.82, 2.24) is 0 Å². The van der Waals surface area contributed by atoms with Gasteiger partial charge in [-0.3, -0.25) is 0 Å². The van der Waals surface area contributed by atoms with Gasteiger partial charge >= 0.3 is 0 Å². The van der Waals surface area contributed by atoms with Crippen LogP contribution in [0.15, 0.2) is 0 Å². The molecule has 0 bridgehead atoms. The zero-order chi connectivity index (χ0) is 9.19. The average molecular weight is 168 g/mol. The molecule has 0 spiro atoms. The minimum atomic E-state index is 0.619. The van der Waals surface area contributed by atoms with E-state index in [1.165, 1.54) is 32.1 Å². The summed E-state index contributed by atoms with van der Waals surface area (Å²) in [6, 6.07) is 0. The monoisotopic (exact) mass is 168 g/mol. The van der Waals surface area contributed by atoms with E-state index in [1.807, 2.05) is 0 Å². The zero-order valence-electron chi connectivity index (χ0n) is 9.19. The SMILES string of the molecule is CCC[C@@H]1[C@@H](C)CCCC1(C)C. The lowest BCUT2D eigenvalue weighted by atomic mass is 9.63. The summed E-state index contributed by atoms with van der Waals surface area (Å²) in [6.45, 7) is 9.69. The number of hydrogen-bond donors (Lipinski definition) is 0. The Labute approximate surface area is 77.7 Å². The lowest BCUT2D eigenvalue weighted by Crippen LogP contribution is -2.33. The second-order valence-electron chi connectivity index (χ2n) is 5.25. The highest BCUT2D eigenvalue weighted by atomic mass is 14.4. The van der Waals surface area contributed by atoms with Gasteiger partial charge in [0.05, 0.1) is 0 Å². The predicted molar refractivity (Wildman–Crippen MR) is 55.2 cm³/mol. The van der Waals surface area contributed by atoms with Crippen LogP contribution < -0.4 is 0 Å². The van der Waals surface area contributed by atoms with Crippen LogP contribution >= 0.6 is 0 Å². The summed E-state index contributed by atoms with van der Waals surface area (Å²) in [5.74, 6) is 1.95. The van der Waals surface area contributed by atoms with Gasteiger partial charge in [0.15, 0.2) is 0 Å². The van der Waals surface area contributed by atoms with Crippen molar-refractivity contribution in [2.75, 3.05) is 0 Å². The van der Waals surface area contributed by atoms with Crippen molar-refractivity contribution in [3.8, 4) is 0 Å². The Kier molecular flexibility index (Phi) is 3.20. The van der Waals surface area contributed by atoms with Gasteiger partial charge in [0.1, 0.15) is 0 Å². The van der Waals surface area contributed by atoms with Crippen LogP contribution in [0, 0.1) is 17.3 Å². The van der Waals surface area contributed by atoms with E-state index in [0.717, 1.165) is 11.8 Å². The lowest BCUT2D eigenvalue weighted by molar-refractivity contribution is 0.0758. The van der Waals surface area contributed by atoms with Crippen molar-refractivity contribution < 1.29 is 0 Å². The molecule has 0 saturated heterocycles. The molecule has 1 aliphatic rings. The molecular formula is C12H24. The van der Waals surface area contributed by atoms with Gasteiger partial charge in [0.2, 0.25) is 0 Å². The van der Waals surface area contributed by atoms with Crippen molar-refractivity contribution in [2.45, 2.75) is 59.8 Å². The van der Waals surface area contributed by atoms with E-state index >= 15 is 0 Å². The van der Waals surface area contributed by atoms with Crippen molar-refractivity contribution in [3.63, 3.8) is 0 Å². The largest absolute Gasteiger partial charge is 0.0654 e. The van der Waals surface area contributed by atoms with Crippen LogP contribution in [0.2, 0.25) is 0 Å². The molecule has 2 atom stereocenters. The van der Waals surface area contributed by atoms with Gasteiger partial charge in [0.25, 0.3) is 0 Å². The second-order valence-corrected chi connectivity index (χ2v) is 5.25. The summed E-state index contributed by atoms with van der Waals surface area (Å²) >= 11 is 0. The Morgan fingerprint density at radius 1 is 1.33 bits per heavy atom. The van der Waals surface area contributed by atoms with Crippen molar-refractivity contribution >= 4 is 0 Å². The molecule has 0 amide bonds. The molecule has 0 aromatic heterocycles. The normalized spacial score (nSPS) is 35.0. The molecule has 72 valence electrons. The molecule has 0 radical (unpaired) electrons. The number of hydrogen-bond acceptors (Lipinski definition) is 0. The standard InChI is InChI=1S/C12H24/c1-5-7-11-10(2)8-6-9-12(11,3)4/h10-11H,5-9H2,1-4H3/t10-,11+/m0/s1. The Balaban J connectivity index is 2.60. The summed E-state index contributed by atoms with van der Waals surface area (Å²) in [5.41, 5.74) is 0.619. The lowest BCUT2D eigenvalue weighted by Gasteiger charge is -2.43. The molecule has 0 heterocycles. The van der Waals surface area contributed by atoms with E-state index in [1.54, 1.807) is 0 Å². The molecule has 0 aliphatic heterocycles. The Morgan fingerprint density at radius 3 is 2.50 bits per heavy atom. The third-order valence-corrected chi connectivity index (χ3v) is 3.77. The van der Waals surface area contributed by atoms with Crippen LogP contribution in [0.1, 0.15) is 59.8 Å². The van der Waals surface area contributed by atoms with Gasteiger partial charge in [-0.25, -0.2) is 0 Å². The molecule has 1 saturated carbocycles. The maximum atomic E-state index is 2.46. The smallest absolute Gasteiger partial charge is 0.0323 e. The summed E-state index contributed by atoms with van der Waals surface area (Å²) in [5, 5.41) is 0. The van der Waals surface area contributed by atoms with Crippen molar-refractivity contribution in [1.29, 1.82) is 0 Å². The fourth-order valence-corrected chi connectivity index (χ4v) is 3.02. The fraction of sp³-hybridized carbons (Fsp3) is 1.00. The van der Waals surface area contributed by atoms with Gasteiger partial charge in [-0.15, -0.1) is 0 Å². The quantitative estimate of drug-likeness (QED) is 0.578. The Bertz CT molecular complexity index is 135. The summed E-state index contributed by atoms with van der Waals surface area (Å²) in [4.78, 5) is 0. The highest BCUT2D eigenvalue weighted by Gasteiger charge is 2.35. The first kappa shape index (κ1) is 10.1. The van der Waals surface area contributed by atoms with Crippen LogP contribution in [0.3, 0.4) is 0 Å². The van der Waals surface area contributed by atoms with Crippen LogP contribution in [-0.2, 0) is 0 Å². The topological polar surface area (TPSA) is 0 Å². The first-order valence-corrected chi connectivity index (χ1v) is 5.58. The van der Waals surface area contributed by atoms with E-state index in [-0.39, 0.29) is 0 Å². The van der Waals surface area contributed by atoms with Gasteiger partial charge in [-0.1, -0.05) is 47.0 Å². The third-order valence-electron chi connectivity index (χ3n) is 3.77. The maximum Gasteiger partial charge on any atom is -0.0323 e. The first-order valence-electron chi connectivity index (χ1n) is 5.58. The number of rotatable bonds is 2. The highest BCUT2D eigenvalue weighted by molar-refractivity contribution is 4.85. The Morgan fingerprint density at radius 2 is 2.00 bits per heavy atom. The molecule has 0 aromatic rings. The van der Waals surface area contributed by atoms with E-state index in [2.05, 4.69) is 27.7 Å². The first-order chi connectivity index (χ1) is 5.58. The van der Waals surface area contributed by atoms with E-state index in [0.29, 0.717) is 5.41 Å². The molecule has 1 aliphatic carbocycles. The molecule has 0 heteroatoms. The van der Waals surface area contributed by atoms with Crippen molar-refractivity contribution in [2.24, 2.45) is 17.3 Å². The third kappa shape index (κ3) is 2.02. The second kappa shape index (κ2) is 3.81. The molecule has 0 N–H and O–H groups in total.